The van der Waals surface area contributed by atoms with Gasteiger partial charge < -0.3 is 30.2 Å². The molecule has 1 aliphatic rings. The van der Waals surface area contributed by atoms with Crippen LogP contribution in [0.3, 0.4) is 0 Å². The highest BCUT2D eigenvalue weighted by Crippen LogP contribution is 2.39. The zero-order valence-electron chi connectivity index (χ0n) is 20.8. The lowest BCUT2D eigenvalue weighted by molar-refractivity contribution is -0.134. The normalized spacial score (nSPS) is 16.9. The van der Waals surface area contributed by atoms with Crippen LogP contribution in [-0.4, -0.2) is 41.8 Å². The van der Waals surface area contributed by atoms with Gasteiger partial charge in [-0.1, -0.05) is 23.7 Å². The molecule has 0 radical (unpaired) electrons. The van der Waals surface area contributed by atoms with Gasteiger partial charge in [-0.25, -0.2) is 9.97 Å². The second-order valence-corrected chi connectivity index (χ2v) is 9.78. The number of anilines is 3. The van der Waals surface area contributed by atoms with Gasteiger partial charge in [-0.3, -0.25) is 4.79 Å². The molecule has 2 atom stereocenters. The molecule has 38 heavy (non-hydrogen) atoms. The maximum absolute atomic E-state index is 10.0. The number of oxazole rings is 1. The molecule has 6 rings (SSSR count). The Morgan fingerprint density at radius 3 is 2.63 bits per heavy atom. The smallest absolute Gasteiger partial charge is 0.300 e. The van der Waals surface area contributed by atoms with Crippen LogP contribution in [0.2, 0.25) is 5.02 Å². The number of hydrogen-bond donors (Lipinski definition) is 4. The predicted molar refractivity (Wildman–Crippen MR) is 147 cm³/mol. The van der Waals surface area contributed by atoms with E-state index in [0.29, 0.717) is 34.4 Å². The topological polar surface area (TPSA) is 152 Å². The summed E-state index contributed by atoms with van der Waals surface area (Å²) in [7, 11) is 0. The van der Waals surface area contributed by atoms with E-state index in [0.717, 1.165) is 53.2 Å². The van der Waals surface area contributed by atoms with E-state index in [4.69, 9.17) is 31.7 Å². The number of aryl methyl sites for hydroxylation is 1. The quantitative estimate of drug-likeness (QED) is 0.227. The molecular formula is C27H27ClN6O4. The highest BCUT2D eigenvalue weighted by Gasteiger charge is 2.27. The Balaban J connectivity index is 0.000000689. The summed E-state index contributed by atoms with van der Waals surface area (Å²) in [5.41, 5.74) is 12.2. The average Bonchev–Trinajstić information content (AvgIpc) is 3.56. The molecule has 2 aromatic carbocycles. The van der Waals surface area contributed by atoms with Gasteiger partial charge in [0.1, 0.15) is 23.3 Å². The fourth-order valence-electron chi connectivity index (χ4n) is 4.86. The summed E-state index contributed by atoms with van der Waals surface area (Å²) >= 11 is 6.14. The first-order valence-corrected chi connectivity index (χ1v) is 12.5. The Kier molecular flexibility index (Phi) is 6.92. The Morgan fingerprint density at radius 1 is 1.21 bits per heavy atom. The summed E-state index contributed by atoms with van der Waals surface area (Å²) in [6.45, 7) is 3.02. The summed E-state index contributed by atoms with van der Waals surface area (Å²) in [5, 5.41) is 22.1. The summed E-state index contributed by atoms with van der Waals surface area (Å²) in [5.74, 6) is -0.389. The number of carbonyl (C=O) groups is 1. The third kappa shape index (κ3) is 5.13. The largest absolute Gasteiger partial charge is 0.481 e. The number of aliphatic hydroxyl groups excluding tert-OH is 1. The maximum atomic E-state index is 10.0. The molecule has 1 saturated carbocycles. The molecule has 5 N–H and O–H groups in total. The van der Waals surface area contributed by atoms with Crippen molar-refractivity contribution in [3.8, 4) is 11.1 Å². The van der Waals surface area contributed by atoms with Crippen molar-refractivity contribution in [1.82, 2.24) is 19.5 Å². The number of nitrogens with zero attached hydrogens (tertiary/aromatic N) is 4. The molecule has 10 nitrogen and oxygen atoms in total. The van der Waals surface area contributed by atoms with E-state index in [1.54, 1.807) is 6.07 Å². The fourth-order valence-corrected chi connectivity index (χ4v) is 5.13. The molecule has 0 aliphatic heterocycles. The van der Waals surface area contributed by atoms with Crippen molar-refractivity contribution in [2.24, 2.45) is 0 Å². The van der Waals surface area contributed by atoms with Gasteiger partial charge in [-0.15, -0.1) is 0 Å². The van der Waals surface area contributed by atoms with Crippen molar-refractivity contribution in [1.29, 1.82) is 0 Å². The molecule has 2 unspecified atom stereocenters. The second-order valence-electron chi connectivity index (χ2n) is 9.34. The molecule has 1 fully saturated rings. The number of nitrogens with two attached hydrogens (primary N) is 1. The van der Waals surface area contributed by atoms with E-state index >= 15 is 0 Å². The van der Waals surface area contributed by atoms with E-state index < -0.39 is 5.97 Å². The van der Waals surface area contributed by atoms with E-state index in [1.807, 2.05) is 37.3 Å². The molecule has 3 aromatic heterocycles. The molecular weight excluding hydrogens is 508 g/mol. The number of nitrogens with one attached hydrogen (secondary N) is 1. The first-order valence-electron chi connectivity index (χ1n) is 12.1. The average molecular weight is 535 g/mol. The number of aliphatic carboxylic acids is 1. The molecule has 11 heteroatoms. The fraction of sp³-hybridized carbons (Fsp3) is 0.259. The van der Waals surface area contributed by atoms with Crippen molar-refractivity contribution in [2.45, 2.75) is 45.3 Å². The van der Waals surface area contributed by atoms with E-state index in [1.165, 1.54) is 6.33 Å². The lowest BCUT2D eigenvalue weighted by atomic mass is 10.1. The Morgan fingerprint density at radius 2 is 1.95 bits per heavy atom. The van der Waals surface area contributed by atoms with Crippen molar-refractivity contribution in [2.75, 3.05) is 11.1 Å². The number of carboxylic acids is 1. The minimum absolute atomic E-state index is 0.192. The van der Waals surface area contributed by atoms with Gasteiger partial charge in [0.05, 0.1) is 11.5 Å². The van der Waals surface area contributed by atoms with Crippen molar-refractivity contribution in [3.63, 3.8) is 0 Å². The van der Waals surface area contributed by atoms with Crippen molar-refractivity contribution >= 4 is 57.2 Å². The standard InChI is InChI=1S/C25H23ClN6O2.C2H4O2/c1-13-8-15(26)9-20-22(13)34-25(31-20)30-16-4-2-14(3-5-16)19-11-32(17-6-7-18(33)10-17)24-21(19)23(27)28-12-29-24;1-2(3)4/h2-5,8-9,11-12,17-18,33H,6-7,10H2,1H3,(H,30,31)(H2,27,28,29);1H3,(H,3,4). The highest BCUT2D eigenvalue weighted by molar-refractivity contribution is 6.31. The molecule has 1 aliphatic carbocycles. The van der Waals surface area contributed by atoms with E-state index in [2.05, 4.69) is 31.0 Å². The third-order valence-electron chi connectivity index (χ3n) is 6.50. The number of fused-ring (bicyclic) bond motifs is 2. The number of nitrogen functional groups attached to an aromatic ring is 1. The highest BCUT2D eigenvalue weighted by atomic mass is 35.5. The van der Waals surface area contributed by atoms with Crippen LogP contribution >= 0.6 is 11.6 Å². The number of rotatable bonds is 4. The van der Waals surface area contributed by atoms with Crippen molar-refractivity contribution < 1.29 is 19.4 Å². The molecule has 196 valence electrons. The zero-order valence-corrected chi connectivity index (χ0v) is 21.6. The van der Waals surface area contributed by atoms with Crippen LogP contribution in [0.5, 0.6) is 0 Å². The number of carboxylic acid groups (broad SMARTS) is 1. The SMILES string of the molecule is CC(=O)O.Cc1cc(Cl)cc2nc(Nc3ccc(-c4cn(C5CCC(O)C5)c5ncnc(N)c45)cc3)oc12. The van der Waals surface area contributed by atoms with Crippen LogP contribution in [0.4, 0.5) is 17.5 Å². The summed E-state index contributed by atoms with van der Waals surface area (Å²) < 4.78 is 8.01. The third-order valence-corrected chi connectivity index (χ3v) is 6.72. The van der Waals surface area contributed by atoms with Crippen molar-refractivity contribution in [3.05, 3.63) is 59.5 Å². The number of benzene rings is 2. The van der Waals surface area contributed by atoms with Crippen LogP contribution in [0.1, 0.15) is 37.8 Å². The van der Waals surface area contributed by atoms with Crippen LogP contribution in [-0.2, 0) is 4.79 Å². The van der Waals surface area contributed by atoms with Gasteiger partial charge in [0, 0.05) is 35.4 Å². The lowest BCUT2D eigenvalue weighted by Gasteiger charge is -2.12. The molecule has 0 bridgehead atoms. The minimum atomic E-state index is -0.833. The minimum Gasteiger partial charge on any atom is -0.481 e. The molecule has 5 aromatic rings. The van der Waals surface area contributed by atoms with Gasteiger partial charge in [0.15, 0.2) is 5.58 Å². The lowest BCUT2D eigenvalue weighted by Crippen LogP contribution is -2.07. The molecule has 0 amide bonds. The second kappa shape index (κ2) is 10.3. The molecule has 0 saturated heterocycles. The summed E-state index contributed by atoms with van der Waals surface area (Å²) in [6.07, 6.45) is 5.71. The van der Waals surface area contributed by atoms with Crippen LogP contribution in [0.25, 0.3) is 33.3 Å². The van der Waals surface area contributed by atoms with Gasteiger partial charge in [-0.05, 0) is 61.6 Å². The molecule has 0 spiro atoms. The van der Waals surface area contributed by atoms with Gasteiger partial charge >= 0.3 is 0 Å². The predicted octanol–water partition coefficient (Wildman–Crippen LogP) is 5.70. The number of hydrogen-bond acceptors (Lipinski definition) is 8. The number of aromatic nitrogens is 4. The molecule has 3 heterocycles. The van der Waals surface area contributed by atoms with Crippen LogP contribution < -0.4 is 11.1 Å². The van der Waals surface area contributed by atoms with Gasteiger partial charge in [-0.2, -0.15) is 4.98 Å². The number of halogens is 1. The summed E-state index contributed by atoms with van der Waals surface area (Å²) in [4.78, 5) is 22.2. The Labute approximate surface area is 223 Å². The van der Waals surface area contributed by atoms with Gasteiger partial charge in [0.25, 0.3) is 12.0 Å². The zero-order chi connectivity index (χ0) is 27.0. The van der Waals surface area contributed by atoms with Gasteiger partial charge in [0.2, 0.25) is 0 Å². The Hall–Kier alpha value is -4.15. The Bertz CT molecular complexity index is 1620. The summed E-state index contributed by atoms with van der Waals surface area (Å²) in [6, 6.07) is 12.2. The monoisotopic (exact) mass is 534 g/mol. The first kappa shape index (κ1) is 25.5. The first-order chi connectivity index (χ1) is 18.2. The van der Waals surface area contributed by atoms with E-state index in [-0.39, 0.29) is 12.1 Å². The van der Waals surface area contributed by atoms with Crippen LogP contribution in [0.15, 0.2) is 53.3 Å². The maximum Gasteiger partial charge on any atom is 0.300 e. The van der Waals surface area contributed by atoms with Crippen LogP contribution in [0, 0.1) is 6.92 Å². The van der Waals surface area contributed by atoms with E-state index in [9.17, 15) is 5.11 Å². The number of aliphatic hydroxyl groups is 1.